The average Bonchev–Trinajstić information content (AvgIpc) is 3.49. The second kappa shape index (κ2) is 12.1. The van der Waals surface area contributed by atoms with Crippen molar-refractivity contribution in [2.45, 2.75) is 38.1 Å². The van der Waals surface area contributed by atoms with Gasteiger partial charge in [0.2, 0.25) is 0 Å². The summed E-state index contributed by atoms with van der Waals surface area (Å²) in [5, 5.41) is 0.247. The predicted octanol–water partition coefficient (Wildman–Crippen LogP) is 7.67. The number of hydrogen-bond acceptors (Lipinski definition) is 7. The molecule has 1 saturated heterocycles. The molecule has 0 amide bonds. The minimum absolute atomic E-state index is 0.247. The van der Waals surface area contributed by atoms with E-state index in [-0.39, 0.29) is 5.37 Å². The smallest absolute Gasteiger partial charge is 0.161 e. The third-order valence-electron chi connectivity index (χ3n) is 8.86. The topological polar surface area (TPSA) is 57.5 Å². The largest absolute Gasteiger partial charge is 0.496 e. The molecule has 0 aliphatic carbocycles. The minimum atomic E-state index is 0.247. The average molecular weight is 608 g/mol. The zero-order valence-electron chi connectivity index (χ0n) is 25.4. The summed E-state index contributed by atoms with van der Waals surface area (Å²) in [6.45, 7) is 5.09. The highest BCUT2D eigenvalue weighted by molar-refractivity contribution is 7.80. The molecule has 1 fully saturated rings. The molecule has 0 bridgehead atoms. The molecule has 0 N–H and O–H groups in total. The number of likely N-dealkylation sites (tertiary alicyclic amines) is 1. The van der Waals surface area contributed by atoms with Crippen molar-refractivity contribution in [1.29, 1.82) is 0 Å². The number of thiol groups is 1. The summed E-state index contributed by atoms with van der Waals surface area (Å²) in [5.74, 6) is 3.21. The molecule has 0 radical (unpaired) electrons. The fourth-order valence-corrected chi connectivity index (χ4v) is 6.86. The van der Waals surface area contributed by atoms with Crippen LogP contribution in [-0.2, 0) is 6.54 Å². The molecule has 44 heavy (non-hydrogen) atoms. The number of aromatic nitrogens is 2. The van der Waals surface area contributed by atoms with E-state index in [9.17, 15) is 0 Å². The van der Waals surface area contributed by atoms with Crippen LogP contribution in [0.3, 0.4) is 0 Å². The highest BCUT2D eigenvalue weighted by atomic mass is 32.1. The Kier molecular flexibility index (Phi) is 7.87. The van der Waals surface area contributed by atoms with Crippen molar-refractivity contribution in [3.63, 3.8) is 0 Å². The highest BCUT2D eigenvalue weighted by Gasteiger charge is 2.24. The van der Waals surface area contributed by atoms with Gasteiger partial charge in [0.15, 0.2) is 11.5 Å². The van der Waals surface area contributed by atoms with E-state index in [0.717, 1.165) is 87.2 Å². The molecule has 5 aromatic rings. The van der Waals surface area contributed by atoms with Crippen molar-refractivity contribution in [1.82, 2.24) is 14.3 Å². The van der Waals surface area contributed by atoms with Crippen LogP contribution in [0, 0.1) is 6.92 Å². The second-order valence-electron chi connectivity index (χ2n) is 11.4. The molecule has 1 unspecified atom stereocenters. The van der Waals surface area contributed by atoms with E-state index in [4.69, 9.17) is 36.6 Å². The maximum atomic E-state index is 5.91. The van der Waals surface area contributed by atoms with Crippen LogP contribution in [0.25, 0.3) is 39.2 Å². The molecule has 226 valence electrons. The van der Waals surface area contributed by atoms with E-state index in [1.165, 1.54) is 18.4 Å². The zero-order chi connectivity index (χ0) is 30.2. The van der Waals surface area contributed by atoms with Gasteiger partial charge in [-0.1, -0.05) is 24.3 Å². The van der Waals surface area contributed by atoms with Crippen LogP contribution in [0.15, 0.2) is 73.1 Å². The molecule has 4 heterocycles. The van der Waals surface area contributed by atoms with Gasteiger partial charge in [0.05, 0.1) is 37.0 Å². The minimum Gasteiger partial charge on any atom is -0.496 e. The van der Waals surface area contributed by atoms with E-state index in [0.29, 0.717) is 13.2 Å². The Morgan fingerprint density at radius 1 is 0.864 bits per heavy atom. The van der Waals surface area contributed by atoms with Crippen molar-refractivity contribution in [3.05, 3.63) is 84.2 Å². The number of piperidine rings is 1. The normalized spacial score (nSPS) is 16.7. The molecule has 2 aliphatic rings. The fraction of sp³-hybridized carbons (Fsp3) is 0.306. The quantitative estimate of drug-likeness (QED) is 0.192. The second-order valence-corrected chi connectivity index (χ2v) is 12.0. The first kappa shape index (κ1) is 28.6. The summed E-state index contributed by atoms with van der Waals surface area (Å²) in [6, 6.07) is 21.1. The molecule has 0 spiro atoms. The van der Waals surface area contributed by atoms with Crippen LogP contribution >= 0.6 is 12.6 Å². The van der Waals surface area contributed by atoms with E-state index >= 15 is 0 Å². The lowest BCUT2D eigenvalue weighted by atomic mass is 9.93. The van der Waals surface area contributed by atoms with Crippen LogP contribution < -0.4 is 18.9 Å². The molecule has 7 rings (SSSR count). The number of pyridine rings is 1. The van der Waals surface area contributed by atoms with Crippen molar-refractivity contribution < 1.29 is 18.9 Å². The fourth-order valence-electron chi connectivity index (χ4n) is 6.48. The first-order valence-electron chi connectivity index (χ1n) is 15.2. The Labute approximate surface area is 263 Å². The van der Waals surface area contributed by atoms with E-state index in [1.807, 2.05) is 12.3 Å². The number of nitrogens with zero attached hydrogens (tertiary/aromatic N) is 3. The molecular weight excluding hydrogens is 570 g/mol. The number of imidazole rings is 1. The van der Waals surface area contributed by atoms with Gasteiger partial charge in [-0.3, -0.25) is 9.30 Å². The summed E-state index contributed by atoms with van der Waals surface area (Å²) in [5.41, 5.74) is 9.62. The number of methoxy groups -OCH3 is 2. The Balaban J connectivity index is 1.22. The van der Waals surface area contributed by atoms with E-state index in [1.54, 1.807) is 14.2 Å². The molecule has 3 aromatic carbocycles. The maximum absolute atomic E-state index is 5.91. The van der Waals surface area contributed by atoms with Gasteiger partial charge < -0.3 is 18.9 Å². The third kappa shape index (κ3) is 5.26. The predicted molar refractivity (Wildman–Crippen MR) is 177 cm³/mol. The van der Waals surface area contributed by atoms with Gasteiger partial charge in [-0.05, 0) is 96.9 Å². The van der Waals surface area contributed by atoms with Gasteiger partial charge in [0.1, 0.15) is 30.4 Å². The van der Waals surface area contributed by atoms with Crippen LogP contribution in [0.4, 0.5) is 0 Å². The number of rotatable bonds is 7. The lowest BCUT2D eigenvalue weighted by Gasteiger charge is -2.33. The Hall–Kier alpha value is -4.14. The van der Waals surface area contributed by atoms with Crippen molar-refractivity contribution >= 4 is 18.3 Å². The molecule has 1 atom stereocenters. The zero-order valence-corrected chi connectivity index (χ0v) is 26.3. The van der Waals surface area contributed by atoms with E-state index in [2.05, 4.69) is 77.0 Å². The lowest BCUT2D eigenvalue weighted by Crippen LogP contribution is -2.35. The maximum Gasteiger partial charge on any atom is 0.161 e. The van der Waals surface area contributed by atoms with Gasteiger partial charge in [-0.25, -0.2) is 4.98 Å². The van der Waals surface area contributed by atoms with Crippen LogP contribution in [0.2, 0.25) is 0 Å². The van der Waals surface area contributed by atoms with E-state index < -0.39 is 0 Å². The van der Waals surface area contributed by atoms with Crippen molar-refractivity contribution in [2.24, 2.45) is 0 Å². The van der Waals surface area contributed by atoms with Crippen LogP contribution in [0.5, 0.6) is 23.0 Å². The molecule has 2 aromatic heterocycles. The number of benzene rings is 3. The molecule has 7 nitrogen and oxygen atoms in total. The van der Waals surface area contributed by atoms with Gasteiger partial charge in [0.25, 0.3) is 0 Å². The van der Waals surface area contributed by atoms with Crippen LogP contribution in [-0.4, -0.2) is 53.6 Å². The molecule has 2 aliphatic heterocycles. The molecule has 0 saturated carbocycles. The Morgan fingerprint density at radius 2 is 1.59 bits per heavy atom. The highest BCUT2D eigenvalue weighted by Crippen LogP contribution is 2.40. The number of hydrogen-bond donors (Lipinski definition) is 1. The summed E-state index contributed by atoms with van der Waals surface area (Å²) < 4.78 is 25.5. The van der Waals surface area contributed by atoms with Crippen LogP contribution in [0.1, 0.15) is 30.4 Å². The third-order valence-corrected chi connectivity index (χ3v) is 9.44. The Morgan fingerprint density at radius 3 is 2.32 bits per heavy atom. The summed E-state index contributed by atoms with van der Waals surface area (Å²) in [4.78, 5) is 7.21. The van der Waals surface area contributed by atoms with Crippen molar-refractivity contribution in [2.75, 3.05) is 34.0 Å². The van der Waals surface area contributed by atoms with Gasteiger partial charge in [-0.2, -0.15) is 12.6 Å². The van der Waals surface area contributed by atoms with Gasteiger partial charge in [-0.15, -0.1) is 0 Å². The first-order valence-corrected chi connectivity index (χ1v) is 15.7. The lowest BCUT2D eigenvalue weighted by molar-refractivity contribution is 0.171. The summed E-state index contributed by atoms with van der Waals surface area (Å²) in [6.07, 6.45) is 7.51. The Bertz CT molecular complexity index is 1810. The van der Waals surface area contributed by atoms with Crippen molar-refractivity contribution in [3.8, 4) is 56.5 Å². The summed E-state index contributed by atoms with van der Waals surface area (Å²) in [7, 11) is 3.44. The number of ether oxygens (including phenoxy) is 4. The van der Waals surface area contributed by atoms with Gasteiger partial charge in [0, 0.05) is 18.3 Å². The number of fused-ring (bicyclic) bond motifs is 2. The first-order chi connectivity index (χ1) is 21.5. The SMILES string of the molecule is COc1cc(-c2cnc3cc(-c4cccc(-c5ccc6c(c5)OCCO6)c4C)ccn23)cc(OC)c1CN1CCCCC1S. The standard InChI is InChI=1S/C36H37N3O4S/c1-23-27(24-10-11-31-34(17-24)43-16-15-42-31)7-6-8-28(23)25-12-14-39-30(21-37-35(39)20-25)26-18-32(40-2)29(33(19-26)41-3)22-38-13-5-4-9-36(38)44/h6-8,10-12,14,17-21,36,44H,4-5,9,13,15-16,22H2,1-3H3. The van der Waals surface area contributed by atoms with Gasteiger partial charge >= 0.3 is 0 Å². The summed E-state index contributed by atoms with van der Waals surface area (Å²) >= 11 is 4.83. The monoisotopic (exact) mass is 607 g/mol. The molecular formula is C36H37N3O4S. The molecule has 8 heteroatoms.